The number of hydrogen-bond acceptors (Lipinski definition) is 3. The van der Waals surface area contributed by atoms with Gasteiger partial charge in [0.05, 0.1) is 6.10 Å². The number of carbonyl (C=O) groups is 1. The van der Waals surface area contributed by atoms with Crippen LogP contribution in [0, 0.1) is 17.6 Å². The van der Waals surface area contributed by atoms with Crippen LogP contribution in [0.15, 0.2) is 18.2 Å². The number of aliphatic hydroxyl groups is 1. The van der Waals surface area contributed by atoms with Gasteiger partial charge in [-0.3, -0.25) is 4.79 Å². The summed E-state index contributed by atoms with van der Waals surface area (Å²) >= 11 is 0. The third kappa shape index (κ3) is 4.22. The SMILES string of the molecule is NC(=O)C1CCC(NCC(O)c2cc(F)ccc2F)CC1. The maximum absolute atomic E-state index is 13.5. The van der Waals surface area contributed by atoms with Gasteiger partial charge in [-0.25, -0.2) is 8.78 Å². The van der Waals surface area contributed by atoms with E-state index in [1.54, 1.807) is 0 Å². The fourth-order valence-electron chi connectivity index (χ4n) is 2.74. The van der Waals surface area contributed by atoms with E-state index in [0.717, 1.165) is 43.9 Å². The van der Waals surface area contributed by atoms with Crippen molar-refractivity contribution >= 4 is 5.91 Å². The number of amides is 1. The molecule has 1 amide bonds. The Morgan fingerprint density at radius 2 is 2.00 bits per heavy atom. The Labute approximate surface area is 122 Å². The predicted octanol–water partition coefficient (Wildman–Crippen LogP) is 1.63. The number of nitrogens with one attached hydrogen (secondary N) is 1. The maximum Gasteiger partial charge on any atom is 0.220 e. The molecule has 1 aromatic rings. The predicted molar refractivity (Wildman–Crippen MR) is 74.3 cm³/mol. The van der Waals surface area contributed by atoms with Crippen molar-refractivity contribution in [1.29, 1.82) is 0 Å². The Hall–Kier alpha value is -1.53. The summed E-state index contributed by atoms with van der Waals surface area (Å²) in [5.74, 6) is -1.54. The van der Waals surface area contributed by atoms with Gasteiger partial charge in [0.2, 0.25) is 5.91 Å². The van der Waals surface area contributed by atoms with E-state index >= 15 is 0 Å². The van der Waals surface area contributed by atoms with Crippen LogP contribution in [0.5, 0.6) is 0 Å². The number of aliphatic hydroxyl groups excluding tert-OH is 1. The summed E-state index contributed by atoms with van der Waals surface area (Å²) < 4.78 is 26.6. The first-order chi connectivity index (χ1) is 9.97. The van der Waals surface area contributed by atoms with Gasteiger partial charge in [0, 0.05) is 24.1 Å². The molecule has 1 unspecified atom stereocenters. The summed E-state index contributed by atoms with van der Waals surface area (Å²) in [6, 6.07) is 3.19. The summed E-state index contributed by atoms with van der Waals surface area (Å²) in [7, 11) is 0. The molecule has 1 fully saturated rings. The zero-order chi connectivity index (χ0) is 15.4. The Morgan fingerprint density at radius 1 is 1.33 bits per heavy atom. The number of nitrogens with two attached hydrogens (primary N) is 1. The van der Waals surface area contributed by atoms with Crippen LogP contribution in [0.4, 0.5) is 8.78 Å². The molecule has 4 N–H and O–H groups in total. The lowest BCUT2D eigenvalue weighted by molar-refractivity contribution is -0.122. The molecule has 1 aliphatic carbocycles. The molecule has 116 valence electrons. The van der Waals surface area contributed by atoms with E-state index in [-0.39, 0.29) is 30.0 Å². The molecular weight excluding hydrogens is 278 g/mol. The van der Waals surface area contributed by atoms with Crippen LogP contribution in [0.3, 0.4) is 0 Å². The van der Waals surface area contributed by atoms with Crippen LogP contribution >= 0.6 is 0 Å². The fourth-order valence-corrected chi connectivity index (χ4v) is 2.74. The summed E-state index contributed by atoms with van der Waals surface area (Å²) in [4.78, 5) is 11.1. The molecule has 0 aliphatic heterocycles. The summed E-state index contributed by atoms with van der Waals surface area (Å²) in [6.45, 7) is 0.145. The van der Waals surface area contributed by atoms with Crippen molar-refractivity contribution in [3.63, 3.8) is 0 Å². The molecular formula is C15H20F2N2O2. The second kappa shape index (κ2) is 6.95. The summed E-state index contributed by atoms with van der Waals surface area (Å²) in [6.07, 6.45) is 1.90. The minimum Gasteiger partial charge on any atom is -0.387 e. The molecule has 2 rings (SSSR count). The molecule has 0 heterocycles. The van der Waals surface area contributed by atoms with Gasteiger partial charge in [0.1, 0.15) is 11.6 Å². The molecule has 1 aromatic carbocycles. The van der Waals surface area contributed by atoms with E-state index in [0.29, 0.717) is 0 Å². The van der Waals surface area contributed by atoms with Crippen molar-refractivity contribution in [2.75, 3.05) is 6.54 Å². The fraction of sp³-hybridized carbons (Fsp3) is 0.533. The molecule has 1 saturated carbocycles. The van der Waals surface area contributed by atoms with Gasteiger partial charge >= 0.3 is 0 Å². The van der Waals surface area contributed by atoms with Crippen molar-refractivity contribution in [1.82, 2.24) is 5.32 Å². The van der Waals surface area contributed by atoms with Crippen molar-refractivity contribution in [3.05, 3.63) is 35.4 Å². The average Bonchev–Trinajstić information content (AvgIpc) is 2.47. The monoisotopic (exact) mass is 298 g/mol. The van der Waals surface area contributed by atoms with Gasteiger partial charge in [0.15, 0.2) is 0 Å². The molecule has 0 spiro atoms. The largest absolute Gasteiger partial charge is 0.387 e. The van der Waals surface area contributed by atoms with Gasteiger partial charge < -0.3 is 16.2 Å². The number of carbonyl (C=O) groups excluding carboxylic acids is 1. The van der Waals surface area contributed by atoms with E-state index in [2.05, 4.69) is 5.32 Å². The Balaban J connectivity index is 1.83. The van der Waals surface area contributed by atoms with Gasteiger partial charge in [-0.15, -0.1) is 0 Å². The molecule has 1 aliphatic rings. The molecule has 21 heavy (non-hydrogen) atoms. The third-order valence-electron chi connectivity index (χ3n) is 4.05. The number of primary amides is 1. The molecule has 1 atom stereocenters. The normalized spacial score (nSPS) is 23.8. The van der Waals surface area contributed by atoms with Gasteiger partial charge in [-0.2, -0.15) is 0 Å². The maximum atomic E-state index is 13.5. The van der Waals surface area contributed by atoms with E-state index in [1.807, 2.05) is 0 Å². The average molecular weight is 298 g/mol. The van der Waals surface area contributed by atoms with Crippen LogP contribution in [0.2, 0.25) is 0 Å². The van der Waals surface area contributed by atoms with Crippen LogP contribution in [0.25, 0.3) is 0 Å². The van der Waals surface area contributed by atoms with Crippen LogP contribution < -0.4 is 11.1 Å². The molecule has 0 saturated heterocycles. The Kier molecular flexibility index (Phi) is 5.25. The zero-order valence-electron chi connectivity index (χ0n) is 11.7. The van der Waals surface area contributed by atoms with Gasteiger partial charge in [-0.1, -0.05) is 0 Å². The van der Waals surface area contributed by atoms with Crippen LogP contribution in [0.1, 0.15) is 37.4 Å². The molecule has 0 bridgehead atoms. The first kappa shape index (κ1) is 15.9. The Bertz CT molecular complexity index is 502. The smallest absolute Gasteiger partial charge is 0.220 e. The molecule has 4 nitrogen and oxygen atoms in total. The second-order valence-electron chi connectivity index (χ2n) is 5.54. The first-order valence-corrected chi connectivity index (χ1v) is 7.13. The molecule has 0 radical (unpaired) electrons. The highest BCUT2D eigenvalue weighted by molar-refractivity contribution is 5.76. The zero-order valence-corrected chi connectivity index (χ0v) is 11.7. The van der Waals surface area contributed by atoms with E-state index in [9.17, 15) is 18.7 Å². The summed E-state index contributed by atoms with van der Waals surface area (Å²) in [5.41, 5.74) is 5.22. The topological polar surface area (TPSA) is 75.4 Å². The third-order valence-corrected chi connectivity index (χ3v) is 4.05. The van der Waals surface area contributed by atoms with Crippen molar-refractivity contribution < 1.29 is 18.7 Å². The highest BCUT2D eigenvalue weighted by Gasteiger charge is 2.25. The highest BCUT2D eigenvalue weighted by atomic mass is 19.1. The lowest BCUT2D eigenvalue weighted by atomic mass is 9.85. The van der Waals surface area contributed by atoms with E-state index in [1.165, 1.54) is 0 Å². The van der Waals surface area contributed by atoms with Gasteiger partial charge in [0.25, 0.3) is 0 Å². The number of hydrogen-bond donors (Lipinski definition) is 3. The lowest BCUT2D eigenvalue weighted by Crippen LogP contribution is -2.38. The van der Waals surface area contributed by atoms with Crippen molar-refractivity contribution in [2.24, 2.45) is 11.7 Å². The summed E-state index contributed by atoms with van der Waals surface area (Å²) in [5, 5.41) is 13.1. The van der Waals surface area contributed by atoms with Crippen LogP contribution in [-0.4, -0.2) is 23.6 Å². The van der Waals surface area contributed by atoms with Crippen molar-refractivity contribution in [3.8, 4) is 0 Å². The second-order valence-corrected chi connectivity index (χ2v) is 5.54. The lowest BCUT2D eigenvalue weighted by Gasteiger charge is -2.28. The minimum absolute atomic E-state index is 0.0479. The number of halogens is 2. The minimum atomic E-state index is -1.10. The first-order valence-electron chi connectivity index (χ1n) is 7.13. The standard InChI is InChI=1S/C15H20F2N2O2/c16-10-3-6-13(17)12(7-10)14(20)8-19-11-4-1-9(2-5-11)15(18)21/h3,6-7,9,11,14,19-20H,1-2,4-5,8H2,(H2,18,21). The number of benzene rings is 1. The molecule has 6 heteroatoms. The highest BCUT2D eigenvalue weighted by Crippen LogP contribution is 2.24. The quantitative estimate of drug-likeness (QED) is 0.773. The van der Waals surface area contributed by atoms with E-state index < -0.39 is 17.7 Å². The van der Waals surface area contributed by atoms with E-state index in [4.69, 9.17) is 5.73 Å². The molecule has 0 aromatic heterocycles. The van der Waals surface area contributed by atoms with Gasteiger partial charge in [-0.05, 0) is 43.9 Å². The Morgan fingerprint density at radius 3 is 2.62 bits per heavy atom. The van der Waals surface area contributed by atoms with Crippen molar-refractivity contribution in [2.45, 2.75) is 37.8 Å². The van der Waals surface area contributed by atoms with Crippen LogP contribution in [-0.2, 0) is 4.79 Å². The number of rotatable bonds is 5.